The van der Waals surface area contributed by atoms with E-state index in [2.05, 4.69) is 4.39 Å². The van der Waals surface area contributed by atoms with Crippen molar-refractivity contribution in [2.45, 2.75) is 13.8 Å². The molecule has 0 amide bonds. The fourth-order valence-electron chi connectivity index (χ4n) is 0.434. The summed E-state index contributed by atoms with van der Waals surface area (Å²) < 4.78 is 34.2. The topological polar surface area (TPSA) is 43.4 Å². The van der Waals surface area contributed by atoms with Gasteiger partial charge >= 0.3 is 29.6 Å². The molecule has 0 radical (unpaired) electrons. The molecule has 0 saturated heterocycles. The molecule has 0 heterocycles. The van der Waals surface area contributed by atoms with Crippen molar-refractivity contribution in [1.82, 2.24) is 0 Å². The van der Waals surface area contributed by atoms with Gasteiger partial charge in [0.15, 0.2) is 0 Å². The zero-order valence-electron chi connectivity index (χ0n) is 5.30. The van der Waals surface area contributed by atoms with Gasteiger partial charge < -0.3 is 0 Å². The quantitative estimate of drug-likeness (QED) is 0.584. The van der Waals surface area contributed by atoms with Crippen molar-refractivity contribution in [1.29, 1.82) is 0 Å². The summed E-state index contributed by atoms with van der Waals surface area (Å²) >= 11 is 0. The van der Waals surface area contributed by atoms with E-state index in [0.29, 0.717) is 0 Å². The van der Waals surface area contributed by atoms with Crippen LogP contribution in [0.25, 0.3) is 0 Å². The van der Waals surface area contributed by atoms with E-state index in [1.54, 1.807) is 13.8 Å². The van der Waals surface area contributed by atoms with E-state index < -0.39 is 10.1 Å². The van der Waals surface area contributed by atoms with Gasteiger partial charge in [0, 0.05) is 0 Å². The van der Waals surface area contributed by atoms with Crippen LogP contribution in [-0.4, -0.2) is 43.7 Å². The molecule has 10 heavy (non-hydrogen) atoms. The van der Waals surface area contributed by atoms with Crippen molar-refractivity contribution in [3.8, 4) is 0 Å². The minimum absolute atomic E-state index is 0. The van der Waals surface area contributed by atoms with Crippen LogP contribution in [-0.2, 0) is 14.5 Å². The van der Waals surface area contributed by atoms with Gasteiger partial charge in [-0.15, -0.1) is 0 Å². The third-order valence-electron chi connectivity index (χ3n) is 0.633. The maximum atomic E-state index is 11.0. The first-order valence-corrected chi connectivity index (χ1v) is 4.08. The molecule has 0 aliphatic heterocycles. The molecule has 58 valence electrons. The van der Waals surface area contributed by atoms with Crippen molar-refractivity contribution in [3.05, 3.63) is 0 Å². The molecule has 0 aromatic heterocycles. The molecule has 0 aliphatic carbocycles. The Balaban J connectivity index is 0. The molecule has 0 aromatic rings. The molecule has 0 rings (SSSR count). The second-order valence-corrected chi connectivity index (χ2v) is 3.76. The Kier molecular flexibility index (Phi) is 7.37. The van der Waals surface area contributed by atoms with E-state index in [0.717, 1.165) is 0 Å². The van der Waals surface area contributed by atoms with Crippen LogP contribution < -0.4 is 0 Å². The zero-order chi connectivity index (χ0) is 7.49. The fraction of sp³-hybridized carbons (Fsp3) is 1.00. The van der Waals surface area contributed by atoms with Gasteiger partial charge in [0.25, 0.3) is 10.1 Å². The summed E-state index contributed by atoms with van der Waals surface area (Å²) in [5, 5.41) is 0. The molecule has 3 nitrogen and oxygen atoms in total. The predicted octanol–water partition coefficient (Wildman–Crippen LogP) is 0.225. The van der Waals surface area contributed by atoms with E-state index in [-0.39, 0.29) is 41.2 Å². The molecule has 0 spiro atoms. The Hall–Kier alpha value is 0.840. The molecule has 6 heteroatoms. The number of hydrogen-bond acceptors (Lipinski definition) is 3. The van der Waals surface area contributed by atoms with Gasteiger partial charge in [0.05, 0.1) is 5.75 Å². The third-order valence-corrected chi connectivity index (χ3v) is 1.90. The molecule has 0 aliphatic rings. The van der Waals surface area contributed by atoms with Crippen molar-refractivity contribution < 1.29 is 17.3 Å². The number of halogens is 1. The maximum absolute atomic E-state index is 11.0. The summed E-state index contributed by atoms with van der Waals surface area (Å²) in [6.07, 6.45) is 0. The molecule has 0 unspecified atom stereocenters. The fourth-order valence-corrected chi connectivity index (χ4v) is 1.30. The van der Waals surface area contributed by atoms with Crippen LogP contribution in [0.4, 0.5) is 4.53 Å². The van der Waals surface area contributed by atoms with Crippen molar-refractivity contribution >= 4 is 39.7 Å². The van der Waals surface area contributed by atoms with Crippen LogP contribution in [0.3, 0.4) is 0 Å². The summed E-state index contributed by atoms with van der Waals surface area (Å²) in [7, 11) is -3.89. The van der Waals surface area contributed by atoms with Gasteiger partial charge in [-0.25, -0.2) is 0 Å². The average Bonchev–Trinajstić information content (AvgIpc) is 1.63. The van der Waals surface area contributed by atoms with Gasteiger partial charge in [-0.2, -0.15) is 8.42 Å². The first-order valence-electron chi connectivity index (χ1n) is 2.51. The van der Waals surface area contributed by atoms with Gasteiger partial charge in [-0.05, 0) is 10.4 Å². The van der Waals surface area contributed by atoms with Crippen LogP contribution in [0, 0.1) is 5.92 Å². The Morgan fingerprint density at radius 3 is 2.00 bits per heavy atom. The first kappa shape index (κ1) is 13.4. The normalized spacial score (nSPS) is 11.2. The van der Waals surface area contributed by atoms with E-state index in [1.807, 2.05) is 0 Å². The summed E-state index contributed by atoms with van der Waals surface area (Å²) in [5.74, 6) is -0.380. The van der Waals surface area contributed by atoms with E-state index >= 15 is 0 Å². The van der Waals surface area contributed by atoms with E-state index in [4.69, 9.17) is 0 Å². The van der Waals surface area contributed by atoms with Crippen molar-refractivity contribution in [2.75, 3.05) is 5.75 Å². The molecule has 0 aromatic carbocycles. The Labute approximate surface area is 82.3 Å². The second-order valence-electron chi connectivity index (χ2n) is 2.18. The minimum atomic E-state index is -3.89. The van der Waals surface area contributed by atoms with Crippen LogP contribution in [0.2, 0.25) is 0 Å². The predicted molar refractivity (Wildman–Crippen MR) is 38.0 cm³/mol. The zero-order valence-corrected chi connectivity index (χ0v) is 6.11. The van der Waals surface area contributed by atoms with Crippen LogP contribution in [0.15, 0.2) is 0 Å². The Morgan fingerprint density at radius 2 is 1.90 bits per heavy atom. The third kappa shape index (κ3) is 6.95. The molecule has 0 saturated carbocycles. The average molecular weight is 180 g/mol. The van der Waals surface area contributed by atoms with Gasteiger partial charge in [-0.1, -0.05) is 18.2 Å². The molecule has 0 bridgehead atoms. The van der Waals surface area contributed by atoms with Gasteiger partial charge in [0.2, 0.25) is 0 Å². The monoisotopic (exact) mass is 180 g/mol. The summed E-state index contributed by atoms with van der Waals surface area (Å²) in [6, 6.07) is 0. The van der Waals surface area contributed by atoms with Gasteiger partial charge in [-0.3, -0.25) is 0 Å². The summed E-state index contributed by atoms with van der Waals surface area (Å²) in [5.41, 5.74) is 0. The molecular formula is C4H10FNaO3S. The Bertz CT molecular complexity index is 165. The molecular weight excluding hydrogens is 170 g/mol. The van der Waals surface area contributed by atoms with Gasteiger partial charge in [0.1, 0.15) is 0 Å². The molecule has 0 atom stereocenters. The molecule has 0 N–H and O–H groups in total. The van der Waals surface area contributed by atoms with Crippen molar-refractivity contribution in [2.24, 2.45) is 5.92 Å². The standard InChI is InChI=1S/C4H9FO3S.Na.H/c1-4(2)3-9(6,7)8-5;;/h4H,3H2,1-2H3;;. The van der Waals surface area contributed by atoms with Crippen molar-refractivity contribution in [3.63, 3.8) is 0 Å². The second kappa shape index (κ2) is 5.49. The van der Waals surface area contributed by atoms with Crippen LogP contribution in [0.1, 0.15) is 13.8 Å². The number of hydrogen-bond donors (Lipinski definition) is 0. The van der Waals surface area contributed by atoms with E-state index in [1.165, 1.54) is 0 Å². The van der Waals surface area contributed by atoms with Crippen LogP contribution >= 0.6 is 0 Å². The van der Waals surface area contributed by atoms with E-state index in [9.17, 15) is 12.9 Å². The SMILES string of the molecule is CC(C)CS(=O)(=O)OF.[NaH]. The summed E-state index contributed by atoms with van der Waals surface area (Å²) in [4.78, 5) is 0. The first-order chi connectivity index (χ1) is 3.98. The molecule has 0 fully saturated rings. The number of rotatable bonds is 3. The van der Waals surface area contributed by atoms with Crippen LogP contribution in [0.5, 0.6) is 0 Å². The summed E-state index contributed by atoms with van der Waals surface area (Å²) in [6.45, 7) is 3.33. The Morgan fingerprint density at radius 1 is 1.50 bits per heavy atom.